The number of hydrogen-bond donors (Lipinski definition) is 1. The van der Waals surface area contributed by atoms with Gasteiger partial charge in [0.25, 0.3) is 0 Å². The molecule has 3 rings (SSSR count). The normalized spacial score (nSPS) is 11.6. The molecule has 0 atom stereocenters. The van der Waals surface area contributed by atoms with E-state index in [1.54, 1.807) is 0 Å². The molecule has 0 amide bonds. The lowest BCUT2D eigenvalue weighted by Gasteiger charge is -2.25. The van der Waals surface area contributed by atoms with Crippen molar-refractivity contribution in [3.8, 4) is 0 Å². The Morgan fingerprint density at radius 1 is 0.812 bits per heavy atom. The summed E-state index contributed by atoms with van der Waals surface area (Å²) >= 11 is 0. The third-order valence-corrected chi connectivity index (χ3v) is 5.80. The molecule has 1 aromatic heterocycles. The summed E-state index contributed by atoms with van der Waals surface area (Å²) < 4.78 is 6.21. The van der Waals surface area contributed by atoms with E-state index in [9.17, 15) is 5.11 Å². The van der Waals surface area contributed by atoms with Gasteiger partial charge in [-0.25, -0.2) is 0 Å². The maximum absolute atomic E-state index is 11.3. The highest BCUT2D eigenvalue weighted by Gasteiger charge is 2.31. The number of rotatable bonds is 13. The van der Waals surface area contributed by atoms with Crippen molar-refractivity contribution in [2.45, 2.75) is 57.8 Å². The van der Waals surface area contributed by atoms with Crippen molar-refractivity contribution < 1.29 is 9.52 Å². The van der Waals surface area contributed by atoms with Gasteiger partial charge < -0.3 is 9.52 Å². The molecule has 0 radical (unpaired) electrons. The van der Waals surface area contributed by atoms with Crippen molar-refractivity contribution in [1.29, 1.82) is 0 Å². The molecule has 32 heavy (non-hydrogen) atoms. The molecule has 3 heteroatoms. The highest BCUT2D eigenvalue weighted by atomic mass is 16.4. The Bertz CT molecular complexity index is 960. The monoisotopic (exact) mass is 429 g/mol. The van der Waals surface area contributed by atoms with Gasteiger partial charge in [0.15, 0.2) is 0 Å². The summed E-state index contributed by atoms with van der Waals surface area (Å²) in [4.78, 5) is 2.37. The average molecular weight is 430 g/mol. The smallest absolute Gasteiger partial charge is 0.135 e. The van der Waals surface area contributed by atoms with Crippen LogP contribution in [0.4, 0.5) is 0 Å². The predicted octanol–water partition coefficient (Wildman–Crippen LogP) is 6.91. The van der Waals surface area contributed by atoms with Gasteiger partial charge in [-0.1, -0.05) is 72.3 Å². The van der Waals surface area contributed by atoms with Crippen molar-refractivity contribution in [2.24, 2.45) is 0 Å². The minimum Gasteiger partial charge on any atom is -0.462 e. The standard InChI is InChI=1S/C29H35NO2/c1-4-6-19-29(31,20-7-5-2)28-18-17-27(32-28)23-30(21-25-11-9-8-10-12-25)22-26-15-13-24(3)14-16-26/h4-5,8-18,31H,1-2,6-7,19-23H2,3H3. The van der Waals surface area contributed by atoms with Crippen LogP contribution in [-0.2, 0) is 25.2 Å². The molecule has 0 aliphatic carbocycles. The highest BCUT2D eigenvalue weighted by Crippen LogP contribution is 2.33. The van der Waals surface area contributed by atoms with E-state index in [4.69, 9.17) is 4.42 Å². The van der Waals surface area contributed by atoms with Crippen LogP contribution in [0.2, 0.25) is 0 Å². The molecule has 1 heterocycles. The summed E-state index contributed by atoms with van der Waals surface area (Å²) in [6.45, 7) is 12.0. The molecule has 1 N–H and O–H groups in total. The highest BCUT2D eigenvalue weighted by molar-refractivity contribution is 5.22. The largest absolute Gasteiger partial charge is 0.462 e. The molecule has 0 fully saturated rings. The fraction of sp³-hybridized carbons (Fsp3) is 0.310. The van der Waals surface area contributed by atoms with Crippen molar-refractivity contribution in [2.75, 3.05) is 0 Å². The zero-order chi connectivity index (χ0) is 22.8. The molecule has 3 nitrogen and oxygen atoms in total. The van der Waals surface area contributed by atoms with Crippen LogP contribution in [0.1, 0.15) is 53.9 Å². The van der Waals surface area contributed by atoms with E-state index in [1.807, 2.05) is 30.4 Å². The third kappa shape index (κ3) is 6.81. The third-order valence-electron chi connectivity index (χ3n) is 5.80. The van der Waals surface area contributed by atoms with Crippen molar-refractivity contribution >= 4 is 0 Å². The molecule has 0 aliphatic rings. The molecular weight excluding hydrogens is 394 g/mol. The van der Waals surface area contributed by atoms with E-state index in [2.05, 4.69) is 73.5 Å². The summed E-state index contributed by atoms with van der Waals surface area (Å²) in [7, 11) is 0. The number of benzene rings is 2. The first-order valence-corrected chi connectivity index (χ1v) is 11.4. The van der Waals surface area contributed by atoms with Gasteiger partial charge in [-0.15, -0.1) is 13.2 Å². The van der Waals surface area contributed by atoms with Crippen molar-refractivity contribution in [3.05, 3.63) is 120 Å². The molecule has 0 bridgehead atoms. The second-order valence-corrected chi connectivity index (χ2v) is 8.57. The first-order chi connectivity index (χ1) is 15.5. The van der Waals surface area contributed by atoms with Crippen LogP contribution >= 0.6 is 0 Å². The predicted molar refractivity (Wildman–Crippen MR) is 132 cm³/mol. The number of furan rings is 1. The second kappa shape index (κ2) is 11.7. The first kappa shape index (κ1) is 23.8. The number of aliphatic hydroxyl groups is 1. The van der Waals surface area contributed by atoms with E-state index in [1.165, 1.54) is 16.7 Å². The minimum absolute atomic E-state index is 0.592. The van der Waals surface area contributed by atoms with Crippen LogP contribution in [0.15, 0.2) is 96.5 Å². The minimum atomic E-state index is -0.998. The topological polar surface area (TPSA) is 36.6 Å². The van der Waals surface area contributed by atoms with Gasteiger partial charge in [0.1, 0.15) is 17.1 Å². The Kier molecular flexibility index (Phi) is 8.66. The Balaban J connectivity index is 1.78. The summed E-state index contributed by atoms with van der Waals surface area (Å²) in [6, 6.07) is 23.1. The Hall–Kier alpha value is -2.88. The van der Waals surface area contributed by atoms with Crippen LogP contribution < -0.4 is 0 Å². The fourth-order valence-corrected chi connectivity index (χ4v) is 3.95. The molecule has 0 unspecified atom stereocenters. The van der Waals surface area contributed by atoms with Gasteiger partial charge in [0.2, 0.25) is 0 Å². The molecule has 0 spiro atoms. The lowest BCUT2D eigenvalue weighted by molar-refractivity contribution is -0.00219. The summed E-state index contributed by atoms with van der Waals surface area (Å²) in [5, 5.41) is 11.3. The lowest BCUT2D eigenvalue weighted by atomic mass is 9.89. The number of aryl methyl sites for hydroxylation is 1. The fourth-order valence-electron chi connectivity index (χ4n) is 3.95. The van der Waals surface area contributed by atoms with Gasteiger partial charge in [0.05, 0.1) is 6.54 Å². The van der Waals surface area contributed by atoms with Crippen LogP contribution in [-0.4, -0.2) is 10.0 Å². The molecule has 0 saturated carbocycles. The molecular formula is C29H35NO2. The maximum atomic E-state index is 11.3. The van der Waals surface area contributed by atoms with Crippen LogP contribution in [0.3, 0.4) is 0 Å². The second-order valence-electron chi connectivity index (χ2n) is 8.57. The average Bonchev–Trinajstić information content (AvgIpc) is 3.28. The quantitative estimate of drug-likeness (QED) is 0.300. The zero-order valence-corrected chi connectivity index (χ0v) is 19.2. The van der Waals surface area contributed by atoms with Gasteiger partial charge in [0, 0.05) is 13.1 Å². The van der Waals surface area contributed by atoms with E-state index >= 15 is 0 Å². The zero-order valence-electron chi connectivity index (χ0n) is 19.2. The van der Waals surface area contributed by atoms with Gasteiger partial charge >= 0.3 is 0 Å². The van der Waals surface area contributed by atoms with Crippen LogP contribution in [0.5, 0.6) is 0 Å². The van der Waals surface area contributed by atoms with E-state index in [-0.39, 0.29) is 0 Å². The van der Waals surface area contributed by atoms with E-state index < -0.39 is 5.60 Å². The van der Waals surface area contributed by atoms with Crippen LogP contribution in [0, 0.1) is 6.92 Å². The SMILES string of the molecule is C=CCCC(O)(CCC=C)c1ccc(CN(Cc2ccccc2)Cc2ccc(C)cc2)o1. The lowest BCUT2D eigenvalue weighted by Crippen LogP contribution is -2.25. The molecule has 3 aromatic rings. The Morgan fingerprint density at radius 2 is 1.41 bits per heavy atom. The van der Waals surface area contributed by atoms with Gasteiger partial charge in [-0.2, -0.15) is 0 Å². The molecule has 2 aromatic carbocycles. The number of hydrogen-bond acceptors (Lipinski definition) is 3. The van der Waals surface area contributed by atoms with Crippen LogP contribution in [0.25, 0.3) is 0 Å². The molecule has 0 aliphatic heterocycles. The van der Waals surface area contributed by atoms with Crippen molar-refractivity contribution in [1.82, 2.24) is 4.90 Å². The number of allylic oxidation sites excluding steroid dienone is 2. The van der Waals surface area contributed by atoms with Crippen molar-refractivity contribution in [3.63, 3.8) is 0 Å². The molecule has 0 saturated heterocycles. The van der Waals surface area contributed by atoms with E-state index in [0.717, 1.165) is 31.7 Å². The summed E-state index contributed by atoms with van der Waals surface area (Å²) in [5.74, 6) is 1.49. The Morgan fingerprint density at radius 3 is 2.00 bits per heavy atom. The number of nitrogens with zero attached hydrogens (tertiary/aromatic N) is 1. The summed E-state index contributed by atoms with van der Waals surface area (Å²) in [5.41, 5.74) is 2.80. The summed E-state index contributed by atoms with van der Waals surface area (Å²) in [6.07, 6.45) is 6.33. The van der Waals surface area contributed by atoms with Gasteiger partial charge in [-0.3, -0.25) is 4.90 Å². The molecule has 168 valence electrons. The first-order valence-electron chi connectivity index (χ1n) is 11.4. The van der Waals surface area contributed by atoms with E-state index in [0.29, 0.717) is 25.1 Å². The Labute approximate surface area is 192 Å². The van der Waals surface area contributed by atoms with Gasteiger partial charge in [-0.05, 0) is 55.9 Å². The maximum Gasteiger partial charge on any atom is 0.135 e.